The van der Waals surface area contributed by atoms with Crippen molar-refractivity contribution >= 4 is 212 Å². The lowest BCUT2D eigenvalue weighted by molar-refractivity contribution is 0.357. The fourth-order valence-electron chi connectivity index (χ4n) is 6.19. The number of allylic oxidation sites excluding steroid dienone is 4. The van der Waals surface area contributed by atoms with Crippen LogP contribution in [0.3, 0.4) is 0 Å². The van der Waals surface area contributed by atoms with Crippen molar-refractivity contribution in [2.75, 3.05) is 42.7 Å². The van der Waals surface area contributed by atoms with Gasteiger partial charge in [0.2, 0.25) is 0 Å². The Balaban J connectivity index is 0.862. The summed E-state index contributed by atoms with van der Waals surface area (Å²) in [6.07, 6.45) is 13.4. The molecule has 0 saturated carbocycles. The lowest BCUT2D eigenvalue weighted by Gasteiger charge is -2.06. The number of hydrogen-bond donors (Lipinski definition) is 0. The highest BCUT2D eigenvalue weighted by atomic mass is 32.3. The van der Waals surface area contributed by atoms with Gasteiger partial charge in [0.05, 0.1) is 114 Å². The second-order valence-electron chi connectivity index (χ2n) is 13.1. The number of thiophene rings is 3. The topological polar surface area (TPSA) is 55.4 Å². The molecule has 21 heteroatoms. The van der Waals surface area contributed by atoms with Crippen LogP contribution in [0.15, 0.2) is 62.0 Å². The molecule has 0 N–H and O–H groups in total. The zero-order valence-electron chi connectivity index (χ0n) is 35.0. The van der Waals surface area contributed by atoms with E-state index < -0.39 is 0 Å². The minimum atomic E-state index is 0.764. The lowest BCUT2D eigenvalue weighted by atomic mass is 10.3. The van der Waals surface area contributed by atoms with E-state index in [1.54, 1.807) is 76.7 Å². The first-order chi connectivity index (χ1) is 30.5. The van der Waals surface area contributed by atoms with E-state index in [1.807, 2.05) is 141 Å². The van der Waals surface area contributed by atoms with Crippen molar-refractivity contribution in [1.82, 2.24) is 0 Å². The maximum absolute atomic E-state index is 5.99. The molecule has 63 heavy (non-hydrogen) atoms. The van der Waals surface area contributed by atoms with Gasteiger partial charge in [-0.05, 0) is 83.8 Å². The quantitative estimate of drug-likeness (QED) is 0.173. The van der Waals surface area contributed by atoms with Crippen LogP contribution in [0.25, 0.3) is 36.5 Å². The van der Waals surface area contributed by atoms with Crippen LogP contribution in [0.1, 0.15) is 57.0 Å². The van der Waals surface area contributed by atoms with Crippen LogP contribution in [-0.4, -0.2) is 42.7 Å². The minimum Gasteiger partial charge on any atom is -0.491 e. The van der Waals surface area contributed by atoms with E-state index in [2.05, 4.69) is 64.2 Å². The van der Waals surface area contributed by atoms with Gasteiger partial charge in [-0.1, -0.05) is 141 Å². The monoisotopic (exact) mass is 1120 g/mol. The number of ether oxygens (including phenoxy) is 6. The van der Waals surface area contributed by atoms with Crippen molar-refractivity contribution in [2.45, 2.75) is 27.7 Å². The summed E-state index contributed by atoms with van der Waals surface area (Å²) in [6, 6.07) is 0. The minimum absolute atomic E-state index is 0.764. The summed E-state index contributed by atoms with van der Waals surface area (Å²) in [5, 5.41) is 0. The molecule has 0 atom stereocenters. The van der Waals surface area contributed by atoms with Gasteiger partial charge in [-0.15, -0.1) is 34.0 Å². The molecule has 9 heterocycles. The molecule has 9 rings (SSSR count). The van der Waals surface area contributed by atoms with Gasteiger partial charge < -0.3 is 28.4 Å². The number of hydrogen-bond acceptors (Lipinski definition) is 21. The van der Waals surface area contributed by atoms with Gasteiger partial charge in [0.15, 0.2) is 34.5 Å². The van der Waals surface area contributed by atoms with E-state index in [1.165, 1.54) is 62.0 Å². The van der Waals surface area contributed by atoms with Crippen LogP contribution in [0.2, 0.25) is 0 Å². The van der Waals surface area contributed by atoms with Gasteiger partial charge in [0.25, 0.3) is 0 Å². The zero-order chi connectivity index (χ0) is 44.1. The van der Waals surface area contributed by atoms with Gasteiger partial charge in [-0.2, -0.15) is 0 Å². The molecule has 6 nitrogen and oxygen atoms in total. The molecule has 0 amide bonds. The average Bonchev–Trinajstić information content (AvgIpc) is 4.14. The van der Waals surface area contributed by atoms with Crippen molar-refractivity contribution in [3.8, 4) is 34.5 Å². The van der Waals surface area contributed by atoms with Crippen LogP contribution in [0.4, 0.5) is 0 Å². The van der Waals surface area contributed by atoms with Crippen molar-refractivity contribution in [2.24, 2.45) is 0 Å². The summed E-state index contributed by atoms with van der Waals surface area (Å²) < 4.78 is 48.1. The summed E-state index contributed by atoms with van der Waals surface area (Å²) in [6.45, 7) is 8.69. The molecule has 0 unspecified atom stereocenters. The second-order valence-corrected chi connectivity index (χ2v) is 32.3. The zero-order valence-corrected chi connectivity index (χ0v) is 47.3. The van der Waals surface area contributed by atoms with Crippen molar-refractivity contribution in [3.05, 3.63) is 91.3 Å². The molecule has 0 aliphatic carbocycles. The van der Waals surface area contributed by atoms with Crippen LogP contribution in [0.5, 0.6) is 34.5 Å². The van der Waals surface area contributed by atoms with Gasteiger partial charge in [0, 0.05) is 0 Å². The Labute approximate surface area is 431 Å². The fraction of sp³-hybridized carbons (Fsp3) is 0.238. The summed E-state index contributed by atoms with van der Waals surface area (Å²) in [7, 11) is 10.3. The molecule has 330 valence electrons. The van der Waals surface area contributed by atoms with E-state index >= 15 is 0 Å². The van der Waals surface area contributed by atoms with E-state index in [0.717, 1.165) is 63.8 Å². The molecular formula is C42H36O6S15. The fourth-order valence-corrected chi connectivity index (χ4v) is 27.6. The SMILES string of the molecule is COc1c(C=C2SC(C)=C(C)S2)sc(C=C2SC3=C(S2)SC(=Cc2sc(C=C4SC5=C(SC(=Cc6sc(C=C7SC(C)=C(C)S7)c(OC)c6OC)S5)S4)c(OC)c2OC)S3)c1OC. The van der Waals surface area contributed by atoms with Gasteiger partial charge in [0.1, 0.15) is 0 Å². The molecular weight excluding hydrogens is 1080 g/mol. The van der Waals surface area contributed by atoms with E-state index in [-0.39, 0.29) is 0 Å². The number of methoxy groups -OCH3 is 6. The first kappa shape index (κ1) is 47.6. The molecule has 3 aromatic heterocycles. The third kappa shape index (κ3) is 10.0. The Morgan fingerprint density at radius 1 is 0.254 bits per heavy atom. The molecule has 6 aliphatic heterocycles. The van der Waals surface area contributed by atoms with Crippen LogP contribution < -0.4 is 28.4 Å². The molecule has 3 aromatic rings. The van der Waals surface area contributed by atoms with Gasteiger partial charge in [-0.25, -0.2) is 0 Å². The summed E-state index contributed by atoms with van der Waals surface area (Å²) in [4.78, 5) is 11.7. The predicted molar refractivity (Wildman–Crippen MR) is 302 cm³/mol. The van der Waals surface area contributed by atoms with E-state index in [9.17, 15) is 0 Å². The second kappa shape index (κ2) is 20.6. The molecule has 0 radical (unpaired) electrons. The largest absolute Gasteiger partial charge is 0.491 e. The van der Waals surface area contributed by atoms with E-state index in [4.69, 9.17) is 28.4 Å². The van der Waals surface area contributed by atoms with Gasteiger partial charge >= 0.3 is 0 Å². The Hall–Kier alpha value is -0.500. The highest BCUT2D eigenvalue weighted by Gasteiger charge is 2.34. The van der Waals surface area contributed by atoms with Crippen LogP contribution in [-0.2, 0) is 0 Å². The standard InChI is InChI=1S/C42H36O6S15/c1-17-18(2)50-27(49-17)11-21-33(43-5)35(45-7)23(53-21)13-29-56-39-40(57-29)61-31(60-39)15-25-37(47-9)38(48-10)26(55-25)16-32-62-41-42(63-32)59-30(58-41)14-24-36(46-8)34(44-6)22(54-24)12-28-51-19(3)20(4)52-28/h11-16H,1-10H3. The van der Waals surface area contributed by atoms with Crippen LogP contribution >= 0.6 is 175 Å². The Kier molecular flexibility index (Phi) is 15.6. The highest BCUT2D eigenvalue weighted by molar-refractivity contribution is 8.49. The third-order valence-electron chi connectivity index (χ3n) is 9.23. The summed E-state index contributed by atoms with van der Waals surface area (Å²) >= 11 is 26.9. The summed E-state index contributed by atoms with van der Waals surface area (Å²) in [5.41, 5.74) is 0. The molecule has 0 aromatic carbocycles. The normalized spacial score (nSPS) is 18.4. The Bertz CT molecular complexity index is 2490. The third-order valence-corrected chi connectivity index (χ3v) is 28.1. The Morgan fingerprint density at radius 3 is 0.571 bits per heavy atom. The number of rotatable bonds is 12. The van der Waals surface area contributed by atoms with Gasteiger partial charge in [-0.3, -0.25) is 0 Å². The molecule has 6 aliphatic rings. The molecule has 0 saturated heterocycles. The van der Waals surface area contributed by atoms with Crippen molar-refractivity contribution in [3.63, 3.8) is 0 Å². The van der Waals surface area contributed by atoms with E-state index in [0.29, 0.717) is 0 Å². The summed E-state index contributed by atoms with van der Waals surface area (Å²) in [5.74, 6) is 4.66. The van der Waals surface area contributed by atoms with Crippen molar-refractivity contribution in [1.29, 1.82) is 0 Å². The smallest absolute Gasteiger partial charge is 0.179 e. The number of thioether (sulfide) groups is 12. The molecule has 0 spiro atoms. The lowest BCUT2D eigenvalue weighted by Crippen LogP contribution is -1.89. The predicted octanol–water partition coefficient (Wildman–Crippen LogP) is 18.7. The maximum atomic E-state index is 5.99. The first-order valence-electron chi connectivity index (χ1n) is 18.5. The van der Waals surface area contributed by atoms with Crippen LogP contribution in [0, 0.1) is 0 Å². The molecule has 0 fully saturated rings. The van der Waals surface area contributed by atoms with Crippen molar-refractivity contribution < 1.29 is 28.4 Å². The molecule has 0 bridgehead atoms. The Morgan fingerprint density at radius 2 is 0.413 bits per heavy atom. The maximum Gasteiger partial charge on any atom is 0.179 e. The first-order valence-corrected chi connectivity index (χ1v) is 30.8. The average molecular weight is 1120 g/mol. The highest BCUT2D eigenvalue weighted by Crippen LogP contribution is 2.69.